The summed E-state index contributed by atoms with van der Waals surface area (Å²) in [5.74, 6) is 0. The highest BCUT2D eigenvalue weighted by atomic mass is 32.2. The molecule has 6 atom stereocenters. The minimum atomic E-state index is -3.76. The molecule has 0 aromatic heterocycles. The molecule has 32 heavy (non-hydrogen) atoms. The van der Waals surface area contributed by atoms with Crippen LogP contribution in [-0.2, 0) is 39.4 Å². The largest absolute Gasteiger partial charge is 0.324 e. The highest BCUT2D eigenvalue weighted by Crippen LogP contribution is 2.44. The molecule has 4 fully saturated rings. The Balaban J connectivity index is 1.59. The monoisotopic (exact) mass is 498 g/mol. The number of fused-ring (bicyclic) bond motifs is 2. The smallest absolute Gasteiger partial charge is 0.287 e. The number of hydrogen-bond donors (Lipinski definition) is 0. The summed E-state index contributed by atoms with van der Waals surface area (Å²) in [4.78, 5) is 0. The Labute approximate surface area is 190 Å². The minimum absolute atomic E-state index is 0.346. The second kappa shape index (κ2) is 8.07. The zero-order valence-corrected chi connectivity index (χ0v) is 21.3. The molecule has 0 bridgehead atoms. The van der Waals surface area contributed by atoms with Crippen LogP contribution in [0.1, 0.15) is 55.4 Å². The van der Waals surface area contributed by atoms with Gasteiger partial charge in [0, 0.05) is 24.2 Å². The van der Waals surface area contributed by atoms with Crippen molar-refractivity contribution in [3.8, 4) is 0 Å². The van der Waals surface area contributed by atoms with E-state index in [4.69, 9.17) is 18.9 Å². The van der Waals surface area contributed by atoms with Gasteiger partial charge in [-0.3, -0.25) is 0 Å². The van der Waals surface area contributed by atoms with Crippen molar-refractivity contribution >= 4 is 20.4 Å². The first kappa shape index (κ1) is 24.7. The van der Waals surface area contributed by atoms with Crippen LogP contribution in [0.15, 0.2) is 0 Å². The topological polar surface area (TPSA) is 118 Å². The van der Waals surface area contributed by atoms with Crippen molar-refractivity contribution in [3.63, 3.8) is 0 Å². The van der Waals surface area contributed by atoms with Crippen molar-refractivity contribution in [1.82, 2.24) is 17.2 Å². The Morgan fingerprint density at radius 1 is 0.469 bits per heavy atom. The van der Waals surface area contributed by atoms with E-state index in [1.165, 1.54) is 17.2 Å². The molecule has 0 aromatic carbocycles. The van der Waals surface area contributed by atoms with Crippen molar-refractivity contribution in [3.05, 3.63) is 0 Å². The predicted molar refractivity (Wildman–Crippen MR) is 113 cm³/mol. The van der Waals surface area contributed by atoms with Crippen molar-refractivity contribution in [2.45, 2.75) is 117 Å². The molecule has 0 radical (unpaired) electrons. The van der Waals surface area contributed by atoms with Gasteiger partial charge in [-0.1, -0.05) is 0 Å². The molecule has 0 N–H and O–H groups in total. The van der Waals surface area contributed by atoms with Crippen LogP contribution in [0.2, 0.25) is 0 Å². The minimum Gasteiger partial charge on any atom is -0.324 e. The summed E-state index contributed by atoms with van der Waals surface area (Å²) in [6.07, 6.45) is -5.45. The molecule has 4 heterocycles. The third-order valence-corrected chi connectivity index (χ3v) is 10.6. The van der Waals surface area contributed by atoms with E-state index >= 15 is 0 Å². The van der Waals surface area contributed by atoms with Gasteiger partial charge in [0.2, 0.25) is 12.6 Å². The van der Waals surface area contributed by atoms with Gasteiger partial charge in [-0.25, -0.2) is 0 Å². The highest BCUT2D eigenvalue weighted by Gasteiger charge is 2.65. The molecule has 12 nitrogen and oxygen atoms in total. The predicted octanol–water partition coefficient (Wildman–Crippen LogP) is 0.395. The third-order valence-electron chi connectivity index (χ3n) is 5.91. The number of hydrogen-bond acceptors (Lipinski definition) is 8. The van der Waals surface area contributed by atoms with Gasteiger partial charge in [0.1, 0.15) is 0 Å². The average molecular weight is 499 g/mol. The van der Waals surface area contributed by atoms with Crippen LogP contribution in [0.4, 0.5) is 0 Å². The van der Waals surface area contributed by atoms with E-state index in [0.717, 1.165) is 0 Å². The van der Waals surface area contributed by atoms with E-state index in [1.807, 2.05) is 0 Å². The van der Waals surface area contributed by atoms with E-state index < -0.39 is 57.9 Å². The summed E-state index contributed by atoms with van der Waals surface area (Å²) >= 11 is 0. The molecular weight excluding hydrogens is 464 g/mol. The maximum Gasteiger partial charge on any atom is 0.287 e. The molecule has 0 aromatic rings. The molecule has 0 saturated carbocycles. The molecule has 4 rings (SSSR count). The number of rotatable bonds is 5. The van der Waals surface area contributed by atoms with Crippen LogP contribution in [0.5, 0.6) is 0 Å². The van der Waals surface area contributed by atoms with E-state index in [2.05, 4.69) is 0 Å². The molecule has 0 amide bonds. The lowest BCUT2D eigenvalue weighted by Crippen LogP contribution is -2.47. The van der Waals surface area contributed by atoms with Gasteiger partial charge in [0.25, 0.3) is 20.4 Å². The first-order valence-electron chi connectivity index (χ1n) is 11.0. The molecule has 0 aliphatic carbocycles. The zero-order valence-electron chi connectivity index (χ0n) is 19.6. The van der Waals surface area contributed by atoms with Gasteiger partial charge in [0.15, 0.2) is 24.9 Å². The number of nitrogens with zero attached hydrogens (tertiary/aromatic N) is 4. The van der Waals surface area contributed by atoms with E-state index in [-0.39, 0.29) is 24.2 Å². The summed E-state index contributed by atoms with van der Waals surface area (Å²) in [5.41, 5.74) is 0. The molecule has 4 aliphatic rings. The average Bonchev–Trinajstić information content (AvgIpc) is 3.27. The molecule has 0 spiro atoms. The fourth-order valence-electron chi connectivity index (χ4n) is 4.87. The van der Waals surface area contributed by atoms with E-state index in [0.29, 0.717) is 0 Å². The quantitative estimate of drug-likeness (QED) is 0.534. The first-order valence-corrected chi connectivity index (χ1v) is 13.8. The van der Waals surface area contributed by atoms with Crippen molar-refractivity contribution in [2.24, 2.45) is 0 Å². The van der Waals surface area contributed by atoms with Gasteiger partial charge in [0.05, 0.1) is 0 Å². The van der Waals surface area contributed by atoms with Crippen LogP contribution in [0.3, 0.4) is 0 Å². The van der Waals surface area contributed by atoms with Gasteiger partial charge < -0.3 is 18.9 Å². The lowest BCUT2D eigenvalue weighted by Gasteiger charge is -2.30. The van der Waals surface area contributed by atoms with Gasteiger partial charge in [-0.15, -0.1) is 0 Å². The van der Waals surface area contributed by atoms with Crippen LogP contribution >= 0.6 is 0 Å². The van der Waals surface area contributed by atoms with Crippen LogP contribution in [0, 0.1) is 0 Å². The molecule has 2 unspecified atom stereocenters. The third kappa shape index (κ3) is 3.46. The fraction of sp³-hybridized carbons (Fsp3) is 1.00. The van der Waals surface area contributed by atoms with Gasteiger partial charge in [-0.2, -0.15) is 34.1 Å². The second-order valence-corrected chi connectivity index (χ2v) is 13.0. The van der Waals surface area contributed by atoms with Crippen LogP contribution in [-0.4, -0.2) is 95.7 Å². The summed E-state index contributed by atoms with van der Waals surface area (Å²) in [6.45, 7) is 14.2. The van der Waals surface area contributed by atoms with Crippen LogP contribution in [0.25, 0.3) is 0 Å². The van der Waals surface area contributed by atoms with Crippen LogP contribution < -0.4 is 0 Å². The normalized spacial score (nSPS) is 40.4. The molecule has 4 aliphatic heterocycles. The van der Waals surface area contributed by atoms with Gasteiger partial charge >= 0.3 is 0 Å². The Morgan fingerprint density at radius 3 is 0.812 bits per heavy atom. The lowest BCUT2D eigenvalue weighted by atomic mass is 10.3. The molecule has 4 saturated heterocycles. The SMILES string of the molecule is CC(C)N1[C@@H]2OC(C3O[C@@H]4[C@H](O3)N(C(C)C)S(=O)(=O)N4C(C)C)O[C@@H]2N(C(C)C)S1(=O)=O. The number of ether oxygens (including phenoxy) is 4. The van der Waals surface area contributed by atoms with Crippen molar-refractivity contribution in [2.75, 3.05) is 0 Å². The Bertz CT molecular complexity index is 805. The summed E-state index contributed by atoms with van der Waals surface area (Å²) in [5, 5.41) is 0. The molecule has 14 heteroatoms. The lowest BCUT2D eigenvalue weighted by molar-refractivity contribution is -0.239. The standard InChI is InChI=1S/C18H34N4O8S2/c1-9(2)19-13-14(20(10(3)4)31(19,23)24)28-17(27-13)18-29-15-16(30-18)22(12(7)8)32(25,26)21(15)11(5)6/h9-18H,1-8H3/t13-,14+,15-,16+,17?,18?. The maximum atomic E-state index is 13.0. The maximum absolute atomic E-state index is 13.0. The van der Waals surface area contributed by atoms with Crippen molar-refractivity contribution in [1.29, 1.82) is 0 Å². The highest BCUT2D eigenvalue weighted by molar-refractivity contribution is 7.87. The summed E-state index contributed by atoms with van der Waals surface area (Å²) in [6, 6.07) is -1.38. The van der Waals surface area contributed by atoms with E-state index in [1.54, 1.807) is 55.4 Å². The molecule has 186 valence electrons. The Kier molecular flexibility index (Phi) is 6.23. The summed E-state index contributed by atoms with van der Waals surface area (Å²) < 4.78 is 81.4. The van der Waals surface area contributed by atoms with E-state index in [9.17, 15) is 16.8 Å². The Hall–Kier alpha value is -0.420. The van der Waals surface area contributed by atoms with Gasteiger partial charge in [-0.05, 0) is 55.4 Å². The Morgan fingerprint density at radius 2 is 0.656 bits per heavy atom. The zero-order chi connectivity index (χ0) is 23.9. The summed E-state index contributed by atoms with van der Waals surface area (Å²) in [7, 11) is -7.53. The second-order valence-electron chi connectivity index (χ2n) is 9.55. The first-order chi connectivity index (χ1) is 14.7. The van der Waals surface area contributed by atoms with Crippen molar-refractivity contribution < 1.29 is 35.8 Å². The molecular formula is C18H34N4O8S2. The fourth-order valence-corrected chi connectivity index (χ4v) is 9.10.